The first-order valence-electron chi connectivity index (χ1n) is 8.92. The number of amides is 2. The van der Waals surface area contributed by atoms with Crippen molar-refractivity contribution in [2.24, 2.45) is 0 Å². The lowest BCUT2D eigenvalue weighted by atomic mass is 10.2. The molecule has 2 amide bonds. The molecule has 0 spiro atoms. The average molecular weight is 411 g/mol. The maximum Gasteiger partial charge on any atom is 0.257 e. The third-order valence-electron chi connectivity index (χ3n) is 3.89. The number of thiazole rings is 1. The predicted molar refractivity (Wildman–Crippen MR) is 112 cm³/mol. The second kappa shape index (κ2) is 9.70. The van der Waals surface area contributed by atoms with E-state index in [2.05, 4.69) is 15.6 Å². The molecule has 3 rings (SSSR count). The van der Waals surface area contributed by atoms with Gasteiger partial charge in [-0.1, -0.05) is 12.1 Å². The minimum atomic E-state index is -0.275. The second-order valence-corrected chi connectivity index (χ2v) is 7.18. The number of nitrogens with one attached hydrogen (secondary N) is 2. The Morgan fingerprint density at radius 3 is 2.55 bits per heavy atom. The van der Waals surface area contributed by atoms with Gasteiger partial charge >= 0.3 is 0 Å². The van der Waals surface area contributed by atoms with E-state index in [0.29, 0.717) is 29.4 Å². The zero-order valence-corrected chi connectivity index (χ0v) is 16.9. The van der Waals surface area contributed by atoms with Crippen LogP contribution in [0.3, 0.4) is 0 Å². The van der Waals surface area contributed by atoms with Crippen molar-refractivity contribution in [3.8, 4) is 11.5 Å². The van der Waals surface area contributed by atoms with E-state index in [1.807, 2.05) is 12.3 Å². The Balaban J connectivity index is 1.61. The Kier molecular flexibility index (Phi) is 6.80. The van der Waals surface area contributed by atoms with E-state index in [-0.39, 0.29) is 18.4 Å². The lowest BCUT2D eigenvalue weighted by Crippen LogP contribution is -2.24. The van der Waals surface area contributed by atoms with Crippen LogP contribution >= 0.6 is 11.3 Å². The molecule has 2 aromatic carbocycles. The number of hydrogen-bond acceptors (Lipinski definition) is 6. The SMILES string of the molecule is CNC(=O)COc1cccc(NC(=O)c2cccc(OCc3csc(C)n3)c2)c1. The van der Waals surface area contributed by atoms with Crippen LogP contribution in [0, 0.1) is 6.92 Å². The highest BCUT2D eigenvalue weighted by atomic mass is 32.1. The molecule has 0 aliphatic carbocycles. The largest absolute Gasteiger partial charge is 0.487 e. The summed E-state index contributed by atoms with van der Waals surface area (Å²) >= 11 is 1.57. The first kappa shape index (κ1) is 20.3. The highest BCUT2D eigenvalue weighted by molar-refractivity contribution is 7.09. The molecule has 0 saturated heterocycles. The molecule has 29 heavy (non-hydrogen) atoms. The zero-order valence-electron chi connectivity index (χ0n) is 16.1. The van der Waals surface area contributed by atoms with E-state index in [1.54, 1.807) is 59.9 Å². The van der Waals surface area contributed by atoms with Gasteiger partial charge < -0.3 is 20.1 Å². The van der Waals surface area contributed by atoms with Crippen LogP contribution in [-0.2, 0) is 11.4 Å². The summed E-state index contributed by atoms with van der Waals surface area (Å²) in [6, 6.07) is 13.8. The molecule has 0 bridgehead atoms. The number of carbonyl (C=O) groups excluding carboxylic acids is 2. The van der Waals surface area contributed by atoms with Crippen LogP contribution in [0.4, 0.5) is 5.69 Å². The fourth-order valence-corrected chi connectivity index (χ4v) is 3.04. The molecule has 1 heterocycles. The van der Waals surface area contributed by atoms with Gasteiger partial charge in [0.25, 0.3) is 11.8 Å². The van der Waals surface area contributed by atoms with E-state index in [0.717, 1.165) is 10.7 Å². The van der Waals surface area contributed by atoms with Gasteiger partial charge in [-0.2, -0.15) is 0 Å². The monoisotopic (exact) mass is 411 g/mol. The highest BCUT2D eigenvalue weighted by Crippen LogP contribution is 2.20. The van der Waals surface area contributed by atoms with Gasteiger partial charge in [0.2, 0.25) is 0 Å². The number of anilines is 1. The number of aryl methyl sites for hydroxylation is 1. The maximum absolute atomic E-state index is 12.6. The summed E-state index contributed by atoms with van der Waals surface area (Å²) in [5.74, 6) is 0.570. The summed E-state index contributed by atoms with van der Waals surface area (Å²) in [4.78, 5) is 28.2. The van der Waals surface area contributed by atoms with Crippen LogP contribution in [0.1, 0.15) is 21.1 Å². The van der Waals surface area contributed by atoms with Crippen molar-refractivity contribution < 1.29 is 19.1 Å². The van der Waals surface area contributed by atoms with Crippen LogP contribution < -0.4 is 20.1 Å². The number of carbonyl (C=O) groups is 2. The van der Waals surface area contributed by atoms with E-state index in [9.17, 15) is 9.59 Å². The summed E-state index contributed by atoms with van der Waals surface area (Å²) < 4.78 is 11.1. The minimum absolute atomic E-state index is 0.0915. The van der Waals surface area contributed by atoms with Gasteiger partial charge in [0.15, 0.2) is 6.61 Å². The lowest BCUT2D eigenvalue weighted by molar-refractivity contribution is -0.122. The molecule has 8 heteroatoms. The molecule has 3 aromatic rings. The summed E-state index contributed by atoms with van der Waals surface area (Å²) in [5.41, 5.74) is 1.89. The fourth-order valence-electron chi connectivity index (χ4n) is 2.45. The van der Waals surface area contributed by atoms with Crippen molar-refractivity contribution in [1.82, 2.24) is 10.3 Å². The van der Waals surface area contributed by atoms with Crippen molar-refractivity contribution in [3.05, 3.63) is 70.2 Å². The number of aromatic nitrogens is 1. The van der Waals surface area contributed by atoms with Crippen LogP contribution in [0.5, 0.6) is 11.5 Å². The standard InChI is InChI=1S/C21H21N3O4S/c1-14-23-17(13-29-14)11-27-18-7-3-5-15(9-18)21(26)24-16-6-4-8-19(10-16)28-12-20(25)22-2/h3-10,13H,11-12H2,1-2H3,(H,22,25)(H,24,26). The summed E-state index contributed by atoms with van der Waals surface area (Å²) in [6.07, 6.45) is 0. The molecule has 1 aromatic heterocycles. The topological polar surface area (TPSA) is 89.6 Å². The Morgan fingerprint density at radius 1 is 1.07 bits per heavy atom. The number of rotatable bonds is 8. The summed E-state index contributed by atoms with van der Waals surface area (Å²) in [6.45, 7) is 2.20. The average Bonchev–Trinajstić information content (AvgIpc) is 3.16. The van der Waals surface area contributed by atoms with Crippen molar-refractivity contribution in [1.29, 1.82) is 0 Å². The molecule has 7 nitrogen and oxygen atoms in total. The second-order valence-electron chi connectivity index (χ2n) is 6.12. The predicted octanol–water partition coefficient (Wildman–Crippen LogP) is 3.41. The molecule has 0 aliphatic rings. The Bertz CT molecular complexity index is 1000. The quantitative estimate of drug-likeness (QED) is 0.593. The van der Waals surface area contributed by atoms with Crippen molar-refractivity contribution in [2.45, 2.75) is 13.5 Å². The van der Waals surface area contributed by atoms with Gasteiger partial charge in [-0.3, -0.25) is 9.59 Å². The Labute approximate surface area is 172 Å². The van der Waals surface area contributed by atoms with Crippen LogP contribution in [0.25, 0.3) is 0 Å². The van der Waals surface area contributed by atoms with E-state index in [1.165, 1.54) is 7.05 Å². The van der Waals surface area contributed by atoms with E-state index >= 15 is 0 Å². The first-order valence-corrected chi connectivity index (χ1v) is 9.80. The number of likely N-dealkylation sites (N-methyl/N-ethyl adjacent to an activating group) is 1. The fraction of sp³-hybridized carbons (Fsp3) is 0.190. The molecule has 0 radical (unpaired) electrons. The molecule has 0 saturated carbocycles. The van der Waals surface area contributed by atoms with E-state index in [4.69, 9.17) is 9.47 Å². The molecule has 150 valence electrons. The number of hydrogen-bond donors (Lipinski definition) is 2. The van der Waals surface area contributed by atoms with Crippen LogP contribution in [-0.4, -0.2) is 30.5 Å². The molecular formula is C21H21N3O4S. The smallest absolute Gasteiger partial charge is 0.257 e. The van der Waals surface area contributed by atoms with Crippen molar-refractivity contribution >= 4 is 28.8 Å². The Hall–Kier alpha value is -3.39. The Morgan fingerprint density at radius 2 is 1.83 bits per heavy atom. The first-order chi connectivity index (χ1) is 14.0. The molecule has 0 aliphatic heterocycles. The molecular weight excluding hydrogens is 390 g/mol. The minimum Gasteiger partial charge on any atom is -0.487 e. The third-order valence-corrected chi connectivity index (χ3v) is 4.71. The normalized spacial score (nSPS) is 10.3. The summed E-state index contributed by atoms with van der Waals surface area (Å²) in [5, 5.41) is 8.23. The van der Waals surface area contributed by atoms with E-state index < -0.39 is 0 Å². The van der Waals surface area contributed by atoms with Crippen LogP contribution in [0.2, 0.25) is 0 Å². The zero-order chi connectivity index (χ0) is 20.6. The highest BCUT2D eigenvalue weighted by Gasteiger charge is 2.09. The molecule has 0 unspecified atom stereocenters. The van der Waals surface area contributed by atoms with Crippen LogP contribution in [0.15, 0.2) is 53.9 Å². The van der Waals surface area contributed by atoms with Gasteiger partial charge in [-0.15, -0.1) is 11.3 Å². The third kappa shape index (κ3) is 6.05. The molecule has 2 N–H and O–H groups in total. The van der Waals surface area contributed by atoms with Crippen molar-refractivity contribution in [2.75, 3.05) is 19.0 Å². The van der Waals surface area contributed by atoms with Gasteiger partial charge in [0.05, 0.1) is 10.7 Å². The maximum atomic E-state index is 12.6. The van der Waals surface area contributed by atoms with Gasteiger partial charge in [-0.05, 0) is 37.3 Å². The number of benzene rings is 2. The number of nitrogens with zero attached hydrogens (tertiary/aromatic N) is 1. The summed E-state index contributed by atoms with van der Waals surface area (Å²) in [7, 11) is 1.54. The van der Waals surface area contributed by atoms with Crippen molar-refractivity contribution in [3.63, 3.8) is 0 Å². The van der Waals surface area contributed by atoms with Gasteiger partial charge in [0, 0.05) is 29.7 Å². The molecule has 0 atom stereocenters. The van der Waals surface area contributed by atoms with Gasteiger partial charge in [-0.25, -0.2) is 4.98 Å². The van der Waals surface area contributed by atoms with Gasteiger partial charge in [0.1, 0.15) is 18.1 Å². The number of ether oxygens (including phenoxy) is 2. The lowest BCUT2D eigenvalue weighted by Gasteiger charge is -2.10. The molecule has 0 fully saturated rings.